The summed E-state index contributed by atoms with van der Waals surface area (Å²) >= 11 is 0. The van der Waals surface area contributed by atoms with Crippen LogP contribution in [0.5, 0.6) is 17.2 Å². The highest BCUT2D eigenvalue weighted by Gasteiger charge is 2.34. The van der Waals surface area contributed by atoms with Crippen molar-refractivity contribution >= 4 is 5.91 Å². The topological polar surface area (TPSA) is 99.8 Å². The van der Waals surface area contributed by atoms with E-state index in [0.29, 0.717) is 41.3 Å². The number of likely N-dealkylation sites (tertiary alicyclic amines) is 1. The van der Waals surface area contributed by atoms with Crippen molar-refractivity contribution < 1.29 is 23.4 Å². The van der Waals surface area contributed by atoms with Gasteiger partial charge in [0.05, 0.1) is 0 Å². The van der Waals surface area contributed by atoms with Crippen molar-refractivity contribution in [2.75, 3.05) is 19.9 Å². The highest BCUT2D eigenvalue weighted by Crippen LogP contribution is 2.35. The lowest BCUT2D eigenvalue weighted by molar-refractivity contribution is -0.134. The number of hydrogen-bond acceptors (Lipinski definition) is 8. The fourth-order valence-electron chi connectivity index (χ4n) is 3.48. The van der Waals surface area contributed by atoms with E-state index >= 15 is 0 Å². The van der Waals surface area contributed by atoms with E-state index in [9.17, 15) is 4.79 Å². The second kappa shape index (κ2) is 7.42. The fourth-order valence-corrected chi connectivity index (χ4v) is 3.48. The van der Waals surface area contributed by atoms with Gasteiger partial charge >= 0.3 is 0 Å². The van der Waals surface area contributed by atoms with Crippen LogP contribution >= 0.6 is 0 Å². The summed E-state index contributed by atoms with van der Waals surface area (Å²) in [6, 6.07) is 10.4. The van der Waals surface area contributed by atoms with Crippen LogP contribution in [0.1, 0.15) is 24.8 Å². The molecule has 3 aromatic rings. The third-order valence-electron chi connectivity index (χ3n) is 4.89. The number of nitrogens with zero attached hydrogens (tertiary/aromatic N) is 4. The predicted molar refractivity (Wildman–Crippen MR) is 99.3 cm³/mol. The van der Waals surface area contributed by atoms with Crippen LogP contribution < -0.4 is 14.2 Å². The first-order valence-corrected chi connectivity index (χ1v) is 9.35. The van der Waals surface area contributed by atoms with E-state index in [4.69, 9.17) is 18.6 Å². The molecule has 1 saturated heterocycles. The standard InChI is InChI=1S/C20H18N4O5/c25-18(11-26-13-6-7-16-17(10-13)28-12-27-16)24-9-3-5-15(24)20-23-22-19(29-20)14-4-1-2-8-21-14/h1-2,4,6-8,10,15H,3,5,9,11-12H2/t15-/m1/s1. The van der Waals surface area contributed by atoms with Crippen LogP contribution in [0.4, 0.5) is 0 Å². The third-order valence-corrected chi connectivity index (χ3v) is 4.89. The van der Waals surface area contributed by atoms with Gasteiger partial charge in [-0.3, -0.25) is 9.78 Å². The first kappa shape index (κ1) is 17.5. The molecule has 2 aromatic heterocycles. The molecule has 0 radical (unpaired) electrons. The van der Waals surface area contributed by atoms with E-state index in [1.807, 2.05) is 12.1 Å². The Labute approximate surface area is 166 Å². The van der Waals surface area contributed by atoms with Crippen molar-refractivity contribution in [3.05, 3.63) is 48.5 Å². The van der Waals surface area contributed by atoms with Crippen LogP contribution in [0, 0.1) is 0 Å². The Morgan fingerprint density at radius 1 is 1.17 bits per heavy atom. The summed E-state index contributed by atoms with van der Waals surface area (Å²) in [6.45, 7) is 0.727. The number of fused-ring (bicyclic) bond motifs is 1. The molecule has 1 fully saturated rings. The summed E-state index contributed by atoms with van der Waals surface area (Å²) in [7, 11) is 0. The summed E-state index contributed by atoms with van der Waals surface area (Å²) in [5.74, 6) is 2.46. The number of carbonyl (C=O) groups excluding carboxylic acids is 1. The van der Waals surface area contributed by atoms with Crippen molar-refractivity contribution in [3.63, 3.8) is 0 Å². The van der Waals surface area contributed by atoms with Gasteiger partial charge in [0, 0.05) is 18.8 Å². The first-order chi connectivity index (χ1) is 14.3. The van der Waals surface area contributed by atoms with Crippen LogP contribution in [0.25, 0.3) is 11.6 Å². The van der Waals surface area contributed by atoms with Crippen LogP contribution in [-0.2, 0) is 4.79 Å². The number of pyridine rings is 1. The lowest BCUT2D eigenvalue weighted by Crippen LogP contribution is -2.34. The number of aromatic nitrogens is 3. The minimum absolute atomic E-state index is 0.0859. The number of ether oxygens (including phenoxy) is 3. The predicted octanol–water partition coefficient (Wildman–Crippen LogP) is 2.60. The third kappa shape index (κ3) is 3.46. The smallest absolute Gasteiger partial charge is 0.266 e. The average molecular weight is 394 g/mol. The van der Waals surface area contributed by atoms with Crippen LogP contribution in [0.3, 0.4) is 0 Å². The number of rotatable bonds is 5. The zero-order valence-corrected chi connectivity index (χ0v) is 15.5. The molecule has 0 N–H and O–H groups in total. The molecule has 0 saturated carbocycles. The van der Waals surface area contributed by atoms with Gasteiger partial charge in [-0.05, 0) is 37.1 Å². The maximum absolute atomic E-state index is 12.8. The minimum Gasteiger partial charge on any atom is -0.484 e. The summed E-state index contributed by atoms with van der Waals surface area (Å²) in [5, 5.41) is 8.22. The normalized spacial score (nSPS) is 17.5. The van der Waals surface area contributed by atoms with Gasteiger partial charge in [-0.25, -0.2) is 0 Å². The number of carbonyl (C=O) groups is 1. The summed E-state index contributed by atoms with van der Waals surface area (Å²) in [4.78, 5) is 18.7. The molecule has 0 spiro atoms. The Morgan fingerprint density at radius 3 is 3.00 bits per heavy atom. The van der Waals surface area contributed by atoms with E-state index in [1.54, 1.807) is 35.4 Å². The van der Waals surface area contributed by atoms with E-state index < -0.39 is 0 Å². The maximum atomic E-state index is 12.8. The number of hydrogen-bond donors (Lipinski definition) is 0. The molecule has 0 bridgehead atoms. The molecule has 1 aromatic carbocycles. The molecule has 9 heteroatoms. The van der Waals surface area contributed by atoms with Crippen LogP contribution in [0.15, 0.2) is 47.0 Å². The van der Waals surface area contributed by atoms with Gasteiger partial charge in [-0.15, -0.1) is 10.2 Å². The molecule has 0 unspecified atom stereocenters. The minimum atomic E-state index is -0.257. The molecular weight excluding hydrogens is 376 g/mol. The molecule has 148 valence electrons. The zero-order valence-electron chi connectivity index (χ0n) is 15.5. The Balaban J connectivity index is 1.26. The molecule has 29 heavy (non-hydrogen) atoms. The van der Waals surface area contributed by atoms with Crippen molar-refractivity contribution in [2.45, 2.75) is 18.9 Å². The van der Waals surface area contributed by atoms with E-state index in [1.165, 1.54) is 0 Å². The molecule has 9 nitrogen and oxygen atoms in total. The van der Waals surface area contributed by atoms with Crippen LogP contribution in [0.2, 0.25) is 0 Å². The van der Waals surface area contributed by atoms with Gasteiger partial charge in [0.15, 0.2) is 18.1 Å². The molecule has 2 aliphatic rings. The SMILES string of the molecule is O=C(COc1ccc2c(c1)OCO2)N1CCC[C@@H]1c1nnc(-c2ccccn2)o1. The Kier molecular flexibility index (Phi) is 4.47. The Morgan fingerprint density at radius 2 is 2.10 bits per heavy atom. The molecule has 5 rings (SSSR count). The summed E-state index contributed by atoms with van der Waals surface area (Å²) in [6.07, 6.45) is 3.29. The molecule has 0 aliphatic carbocycles. The number of benzene rings is 1. The van der Waals surface area contributed by atoms with Crippen molar-refractivity contribution in [1.82, 2.24) is 20.1 Å². The Bertz CT molecular complexity index is 1020. The summed E-state index contributed by atoms with van der Waals surface area (Å²) in [5.41, 5.74) is 0.605. The monoisotopic (exact) mass is 394 g/mol. The zero-order chi connectivity index (χ0) is 19.6. The van der Waals surface area contributed by atoms with Gasteiger partial charge < -0.3 is 23.5 Å². The van der Waals surface area contributed by atoms with Gasteiger partial charge in [0.25, 0.3) is 11.8 Å². The van der Waals surface area contributed by atoms with Gasteiger partial charge in [0.2, 0.25) is 12.7 Å². The van der Waals surface area contributed by atoms with Crippen molar-refractivity contribution in [3.8, 4) is 28.8 Å². The lowest BCUT2D eigenvalue weighted by Gasteiger charge is -2.22. The van der Waals surface area contributed by atoms with Gasteiger partial charge in [-0.2, -0.15) is 0 Å². The molecule has 2 aliphatic heterocycles. The first-order valence-electron chi connectivity index (χ1n) is 9.35. The summed E-state index contributed by atoms with van der Waals surface area (Å²) < 4.78 is 22.1. The van der Waals surface area contributed by atoms with Gasteiger partial charge in [0.1, 0.15) is 17.5 Å². The second-order valence-corrected chi connectivity index (χ2v) is 6.71. The quantitative estimate of drug-likeness (QED) is 0.651. The van der Waals surface area contributed by atoms with Crippen molar-refractivity contribution in [2.24, 2.45) is 0 Å². The van der Waals surface area contributed by atoms with E-state index in [0.717, 1.165) is 12.8 Å². The second-order valence-electron chi connectivity index (χ2n) is 6.71. The maximum Gasteiger partial charge on any atom is 0.266 e. The molecular formula is C20H18N4O5. The highest BCUT2D eigenvalue weighted by atomic mass is 16.7. The van der Waals surface area contributed by atoms with Crippen molar-refractivity contribution in [1.29, 1.82) is 0 Å². The average Bonchev–Trinajstić information content (AvgIpc) is 3.52. The number of amides is 1. The largest absolute Gasteiger partial charge is 0.484 e. The van der Waals surface area contributed by atoms with E-state index in [-0.39, 0.29) is 25.3 Å². The lowest BCUT2D eigenvalue weighted by atomic mass is 10.2. The molecule has 1 amide bonds. The fraction of sp³-hybridized carbons (Fsp3) is 0.300. The van der Waals surface area contributed by atoms with Gasteiger partial charge in [-0.1, -0.05) is 6.07 Å². The molecule has 1 atom stereocenters. The van der Waals surface area contributed by atoms with E-state index in [2.05, 4.69) is 15.2 Å². The van der Waals surface area contributed by atoms with Crippen LogP contribution in [-0.4, -0.2) is 45.9 Å². The molecule has 4 heterocycles. The Hall–Kier alpha value is -3.62. The highest BCUT2D eigenvalue weighted by molar-refractivity contribution is 5.78.